The lowest BCUT2D eigenvalue weighted by molar-refractivity contribution is -0.114. The van der Waals surface area contributed by atoms with Gasteiger partial charge in [-0.3, -0.25) is 4.79 Å². The molecule has 0 atom stereocenters. The Balaban J connectivity index is 1.79. The molecule has 160 valence electrons. The number of allylic oxidation sites excluding steroid dienone is 1. The van der Waals surface area contributed by atoms with Crippen molar-refractivity contribution in [2.45, 2.75) is 30.3 Å². The lowest BCUT2D eigenvalue weighted by atomic mass is 10.0. The number of ether oxygens (including phenoxy) is 1. The highest BCUT2D eigenvalue weighted by molar-refractivity contribution is 7.99. The van der Waals surface area contributed by atoms with Crippen molar-refractivity contribution in [2.75, 3.05) is 6.61 Å². The lowest BCUT2D eigenvalue weighted by Gasteiger charge is -1.99. The summed E-state index contributed by atoms with van der Waals surface area (Å²) in [6.45, 7) is 3.55. The van der Waals surface area contributed by atoms with Gasteiger partial charge in [-0.15, -0.1) is 11.3 Å². The van der Waals surface area contributed by atoms with E-state index in [1.54, 1.807) is 26.0 Å². The predicted molar refractivity (Wildman–Crippen MR) is 121 cm³/mol. The molecule has 0 amide bonds. The topological polar surface area (TPSA) is 104 Å². The number of nitriles is 2. The second kappa shape index (κ2) is 10.6. The zero-order chi connectivity index (χ0) is 23.1. The highest BCUT2D eigenvalue weighted by Gasteiger charge is 2.23. The number of carbonyl (C=O) groups is 2. The van der Waals surface area contributed by atoms with Crippen molar-refractivity contribution in [3.05, 3.63) is 74.7 Å². The van der Waals surface area contributed by atoms with E-state index >= 15 is 0 Å². The maximum absolute atomic E-state index is 12.8. The Kier molecular flexibility index (Phi) is 7.67. The third kappa shape index (κ3) is 5.36. The van der Waals surface area contributed by atoms with Gasteiger partial charge in [-0.05, 0) is 43.7 Å². The SMILES string of the molecule is CCOC(=O)c1sc(CC(=O)/C(C#N)=C/c2ccc(Sc3ccccc3)o2)c(C#N)c1C. The molecule has 0 saturated carbocycles. The minimum Gasteiger partial charge on any atom is -0.462 e. The highest BCUT2D eigenvalue weighted by Crippen LogP contribution is 2.31. The molecule has 0 radical (unpaired) electrons. The van der Waals surface area contributed by atoms with E-state index in [-0.39, 0.29) is 24.2 Å². The Morgan fingerprint density at radius 3 is 2.59 bits per heavy atom. The Bertz CT molecular complexity index is 1260. The third-order valence-electron chi connectivity index (χ3n) is 4.38. The summed E-state index contributed by atoms with van der Waals surface area (Å²) in [7, 11) is 0. The van der Waals surface area contributed by atoms with Crippen LogP contribution in [0.4, 0.5) is 0 Å². The van der Waals surface area contributed by atoms with Gasteiger partial charge in [-0.25, -0.2) is 4.79 Å². The Morgan fingerprint density at radius 2 is 1.94 bits per heavy atom. The number of carbonyl (C=O) groups excluding carboxylic acids is 2. The van der Waals surface area contributed by atoms with Crippen LogP contribution < -0.4 is 0 Å². The molecule has 0 aliphatic heterocycles. The summed E-state index contributed by atoms with van der Waals surface area (Å²) in [6.07, 6.45) is 1.22. The number of thiophene rings is 1. The van der Waals surface area contributed by atoms with Crippen LogP contribution in [0.2, 0.25) is 0 Å². The summed E-state index contributed by atoms with van der Waals surface area (Å²) in [6, 6.07) is 17.1. The van der Waals surface area contributed by atoms with Gasteiger partial charge in [0.05, 0.1) is 17.7 Å². The standard InChI is InChI=1S/C24H18N2O4S2/c1-3-29-24(28)23-15(2)19(14-26)21(32-23)12-20(27)16(13-25)11-17-9-10-22(30-17)31-18-7-5-4-6-8-18/h4-11H,3,12H2,1-2H3/b16-11+. The lowest BCUT2D eigenvalue weighted by Crippen LogP contribution is -2.05. The van der Waals surface area contributed by atoms with E-state index in [4.69, 9.17) is 9.15 Å². The van der Waals surface area contributed by atoms with Crippen LogP contribution >= 0.6 is 23.1 Å². The first-order valence-electron chi connectivity index (χ1n) is 9.64. The van der Waals surface area contributed by atoms with Crippen LogP contribution in [0.3, 0.4) is 0 Å². The Morgan fingerprint density at radius 1 is 1.19 bits per heavy atom. The quantitative estimate of drug-likeness (QED) is 0.245. The number of furan rings is 1. The molecule has 0 unspecified atom stereocenters. The summed E-state index contributed by atoms with van der Waals surface area (Å²) >= 11 is 2.47. The van der Waals surface area contributed by atoms with Crippen LogP contribution in [0.25, 0.3) is 6.08 Å². The molecule has 0 bridgehead atoms. The van der Waals surface area contributed by atoms with Crippen LogP contribution in [0.1, 0.15) is 38.4 Å². The summed E-state index contributed by atoms with van der Waals surface area (Å²) in [5, 5.41) is 19.6. The van der Waals surface area contributed by atoms with Crippen LogP contribution in [0.15, 0.2) is 62.4 Å². The summed E-state index contributed by atoms with van der Waals surface area (Å²) < 4.78 is 10.7. The first-order chi connectivity index (χ1) is 15.5. The first-order valence-corrected chi connectivity index (χ1v) is 11.3. The van der Waals surface area contributed by atoms with E-state index in [1.807, 2.05) is 42.5 Å². The normalized spacial score (nSPS) is 10.9. The average molecular weight is 463 g/mol. The molecule has 8 heteroatoms. The van der Waals surface area contributed by atoms with E-state index in [0.29, 0.717) is 26.2 Å². The maximum atomic E-state index is 12.8. The van der Waals surface area contributed by atoms with Gasteiger partial charge in [-0.1, -0.05) is 30.0 Å². The smallest absolute Gasteiger partial charge is 0.348 e. The fourth-order valence-corrected chi connectivity index (χ4v) is 4.81. The summed E-state index contributed by atoms with van der Waals surface area (Å²) in [5.74, 6) is -0.613. The number of Topliss-reactive ketones (excluding diaryl/α,β-unsaturated/α-hetero) is 1. The van der Waals surface area contributed by atoms with Gasteiger partial charge in [0.25, 0.3) is 0 Å². The number of ketones is 1. The molecule has 2 aromatic heterocycles. The highest BCUT2D eigenvalue weighted by atomic mass is 32.2. The zero-order valence-corrected chi connectivity index (χ0v) is 19.0. The minimum absolute atomic E-state index is 0.0942. The molecular weight excluding hydrogens is 444 g/mol. The molecule has 32 heavy (non-hydrogen) atoms. The molecule has 0 N–H and O–H groups in total. The molecule has 3 rings (SSSR count). The van der Waals surface area contributed by atoms with Crippen LogP contribution in [-0.4, -0.2) is 18.4 Å². The molecule has 0 aliphatic rings. The number of hydrogen-bond acceptors (Lipinski definition) is 8. The second-order valence-corrected chi connectivity index (χ2v) is 8.71. The van der Waals surface area contributed by atoms with Crippen molar-refractivity contribution in [1.82, 2.24) is 0 Å². The molecular formula is C24H18N2O4S2. The van der Waals surface area contributed by atoms with Gasteiger partial charge < -0.3 is 9.15 Å². The van der Waals surface area contributed by atoms with Crippen LogP contribution in [0.5, 0.6) is 0 Å². The second-order valence-electron chi connectivity index (χ2n) is 6.53. The summed E-state index contributed by atoms with van der Waals surface area (Å²) in [5.41, 5.74) is 0.654. The number of hydrogen-bond donors (Lipinski definition) is 0. The molecule has 0 saturated heterocycles. The molecule has 2 heterocycles. The maximum Gasteiger partial charge on any atom is 0.348 e. The van der Waals surface area contributed by atoms with E-state index in [0.717, 1.165) is 16.2 Å². The molecule has 3 aromatic rings. The van der Waals surface area contributed by atoms with Gasteiger partial charge in [-0.2, -0.15) is 10.5 Å². The molecule has 0 aliphatic carbocycles. The van der Waals surface area contributed by atoms with Crippen molar-refractivity contribution < 1.29 is 18.7 Å². The average Bonchev–Trinajstić information content (AvgIpc) is 3.36. The van der Waals surface area contributed by atoms with Crippen molar-refractivity contribution in [1.29, 1.82) is 10.5 Å². The minimum atomic E-state index is -0.528. The van der Waals surface area contributed by atoms with Crippen molar-refractivity contribution in [3.8, 4) is 12.1 Å². The number of rotatable bonds is 8. The molecule has 0 spiro atoms. The van der Waals surface area contributed by atoms with Crippen molar-refractivity contribution in [3.63, 3.8) is 0 Å². The van der Waals surface area contributed by atoms with Gasteiger partial charge in [0, 0.05) is 22.3 Å². The van der Waals surface area contributed by atoms with Crippen molar-refractivity contribution >= 4 is 40.9 Å². The predicted octanol–water partition coefficient (Wildman–Crippen LogP) is 5.57. The van der Waals surface area contributed by atoms with E-state index in [9.17, 15) is 20.1 Å². The van der Waals surface area contributed by atoms with Gasteiger partial charge in [0.2, 0.25) is 0 Å². The Hall–Kier alpha value is -3.59. The van der Waals surface area contributed by atoms with Gasteiger partial charge in [0.1, 0.15) is 22.8 Å². The summed E-state index contributed by atoms with van der Waals surface area (Å²) in [4.78, 5) is 26.6. The molecule has 1 aromatic carbocycles. The number of nitrogens with zero attached hydrogens (tertiary/aromatic N) is 2. The number of esters is 1. The van der Waals surface area contributed by atoms with E-state index in [1.165, 1.54) is 17.8 Å². The van der Waals surface area contributed by atoms with E-state index in [2.05, 4.69) is 0 Å². The largest absolute Gasteiger partial charge is 0.462 e. The van der Waals surface area contributed by atoms with Crippen molar-refractivity contribution in [2.24, 2.45) is 0 Å². The van der Waals surface area contributed by atoms with Gasteiger partial charge >= 0.3 is 5.97 Å². The fraction of sp³-hybridized carbons (Fsp3) is 0.167. The monoisotopic (exact) mass is 462 g/mol. The van der Waals surface area contributed by atoms with Gasteiger partial charge in [0.15, 0.2) is 10.9 Å². The Labute approximate surface area is 193 Å². The fourth-order valence-electron chi connectivity index (χ4n) is 2.87. The molecule has 6 nitrogen and oxygen atoms in total. The van der Waals surface area contributed by atoms with Crippen LogP contribution in [-0.2, 0) is 16.0 Å². The molecule has 0 fully saturated rings. The zero-order valence-electron chi connectivity index (χ0n) is 17.4. The first kappa shape index (κ1) is 23.1. The van der Waals surface area contributed by atoms with E-state index < -0.39 is 11.8 Å². The van der Waals surface area contributed by atoms with Crippen LogP contribution in [0, 0.1) is 29.6 Å². The number of benzene rings is 1. The third-order valence-corrected chi connectivity index (χ3v) is 6.58.